The van der Waals surface area contributed by atoms with E-state index in [2.05, 4.69) is 30.3 Å². The Morgan fingerprint density at radius 3 is 0.866 bits per heavy atom. The first-order valence-electron chi connectivity index (χ1n) is 65.7. The highest BCUT2D eigenvalue weighted by Crippen LogP contribution is 2.47. The molecule has 0 saturated heterocycles. The number of para-hydroxylation sites is 2. The van der Waals surface area contributed by atoms with E-state index in [1.54, 1.807) is 219 Å². The quantitative estimate of drug-likeness (QED) is 0.106. The molecule has 20 rings (SSSR count). The number of fused-ring (bicyclic) bond motifs is 15. The topological polar surface area (TPSA) is 204 Å². The Balaban J connectivity index is 0.000000157. The lowest BCUT2D eigenvalue weighted by atomic mass is 9.92. The molecule has 20 aromatic rings. The minimum atomic E-state index is -3.38. The Morgan fingerprint density at radius 1 is 0.289 bits per heavy atom. The van der Waals surface area contributed by atoms with Gasteiger partial charge in [-0.15, -0.1) is 0 Å². The maximum atomic E-state index is 9.57. The van der Waals surface area contributed by atoms with E-state index >= 15 is 0 Å². The standard InChI is InChI=1S/2C26H27N2O.3C25H25N2O/c1-15(2)11-20-13-22(28(6)18(5)17(20)4)25-16(3)7-10-23-26(25)21-9-8-19(14-27)12-24(21)29-23;1-15(2)12-20-13-22(28(6)18(5)17(20)4)24-16(3)10-11-23-25(24)21-9-7-8-19(14-27)26(21)29-23;1-14(2)20-12-21(27(6)17(5)16(20)4)24-15(3)7-10-22-25(24)19-9-8-18(13-26)11-23(19)28-22;1-14(2)19-12-21(27(6)17(5)16(19)4)24-15(3)7-9-23-25(24)20-11-18(13-26)8-10-22(20)28-23;1-14(2)20-12-21(27(6)17(5)16(20)4)23-15(3)10-11-22-24(23)19-9-7-8-18(13-26)25(19)28-22/h7-10,12-13,15H,11H2,1-6H3;7-11,13,15H,12H2,1-6H3;3*7-12,14H,1-6H3/q5*+1/i4D3,11D2;4D3,12D2;3*1D3,2D3,4D3,14D. The average Bonchev–Trinajstić information content (AvgIpc) is 0.968. The number of nitrogens with zero attached hydrogens (tertiary/aromatic N) is 10. The monoisotopic (exact) mass is 1910 g/mol. The van der Waals surface area contributed by atoms with Crippen molar-refractivity contribution in [1.29, 1.82) is 26.3 Å². The first-order chi connectivity index (χ1) is 83.6. The fourth-order valence-electron chi connectivity index (χ4n) is 18.8. The predicted molar refractivity (Wildman–Crippen MR) is 576 cm³/mol. The maximum Gasteiger partial charge on any atom is 0.213 e. The summed E-state index contributed by atoms with van der Waals surface area (Å²) in [5, 5.41) is 54.2. The van der Waals surface area contributed by atoms with E-state index in [-0.39, 0.29) is 39.3 Å². The molecule has 0 N–H and O–H groups in total. The number of benzene rings is 10. The summed E-state index contributed by atoms with van der Waals surface area (Å²) < 4.78 is 367. The van der Waals surface area contributed by atoms with Gasteiger partial charge in [0.1, 0.15) is 92.0 Å². The Morgan fingerprint density at radius 2 is 0.563 bits per heavy atom. The fraction of sp³-hybridized carbons (Fsp3) is 0.291. The zero-order valence-corrected chi connectivity index (χ0v) is 82.0. The van der Waals surface area contributed by atoms with Gasteiger partial charge in [0.25, 0.3) is 0 Å². The van der Waals surface area contributed by atoms with Gasteiger partial charge in [0.05, 0.1) is 73.8 Å². The van der Waals surface area contributed by atoms with Crippen LogP contribution in [0.15, 0.2) is 204 Å². The van der Waals surface area contributed by atoms with Crippen LogP contribution in [0.3, 0.4) is 0 Å². The molecule has 0 aliphatic heterocycles. The van der Waals surface area contributed by atoms with Crippen molar-refractivity contribution in [3.63, 3.8) is 0 Å². The first kappa shape index (κ1) is 60.4. The van der Waals surface area contributed by atoms with E-state index in [4.69, 9.17) is 76.9 Å². The van der Waals surface area contributed by atoms with E-state index in [9.17, 15) is 26.3 Å². The van der Waals surface area contributed by atoms with E-state index in [0.29, 0.717) is 184 Å². The summed E-state index contributed by atoms with van der Waals surface area (Å²) >= 11 is 0. The second-order valence-electron chi connectivity index (χ2n) is 36.3. The molecule has 10 aromatic heterocycles. The van der Waals surface area contributed by atoms with Crippen molar-refractivity contribution >= 4 is 110 Å². The lowest BCUT2D eigenvalue weighted by Crippen LogP contribution is -2.36. The van der Waals surface area contributed by atoms with Crippen LogP contribution in [0.2, 0.25) is 0 Å². The third kappa shape index (κ3) is 17.8. The van der Waals surface area contributed by atoms with Gasteiger partial charge in [-0.25, -0.2) is 0 Å². The highest BCUT2D eigenvalue weighted by atomic mass is 16.3. The van der Waals surface area contributed by atoms with Crippen LogP contribution >= 0.6 is 0 Å². The molecule has 10 heterocycles. The lowest BCUT2D eigenvalue weighted by molar-refractivity contribution is -0.667. The molecule has 0 atom stereocenters. The van der Waals surface area contributed by atoms with Crippen molar-refractivity contribution in [1.82, 2.24) is 0 Å². The molecule has 10 aromatic carbocycles. The average molecular weight is 1920 g/mol. The van der Waals surface area contributed by atoms with E-state index in [1.807, 2.05) is 79.4 Å². The van der Waals surface area contributed by atoms with Gasteiger partial charge >= 0.3 is 0 Å². The van der Waals surface area contributed by atoms with Crippen LogP contribution in [0.5, 0.6) is 0 Å². The zero-order valence-electron chi connectivity index (χ0n) is 122. The summed E-state index contributed by atoms with van der Waals surface area (Å²) in [6, 6.07) is 61.5. The normalized spacial score (nSPS) is 17.1. The molecule has 0 aliphatic rings. The largest absolute Gasteiger partial charge is 0.456 e. The molecule has 15 heteroatoms. The van der Waals surface area contributed by atoms with E-state index < -0.39 is 151 Å². The van der Waals surface area contributed by atoms with Gasteiger partial charge < -0.3 is 22.1 Å². The Kier molecular flexibility index (Phi) is 16.8. The third-order valence-corrected chi connectivity index (χ3v) is 26.8. The summed E-state index contributed by atoms with van der Waals surface area (Å²) in [6.45, 7) is -9.68. The maximum absolute atomic E-state index is 9.57. The van der Waals surface area contributed by atoms with Crippen molar-refractivity contribution in [2.75, 3.05) is 0 Å². The van der Waals surface area contributed by atoms with Crippen molar-refractivity contribution in [3.05, 3.63) is 322 Å². The molecule has 0 radical (unpaired) electrons. The number of rotatable bonds is 12. The number of hydrogen-bond acceptors (Lipinski definition) is 10. The van der Waals surface area contributed by atoms with Crippen molar-refractivity contribution in [2.45, 2.75) is 203 Å². The van der Waals surface area contributed by atoms with Crippen LogP contribution in [-0.4, -0.2) is 0 Å². The Bertz CT molecular complexity index is 10500. The number of hydrogen-bond donors (Lipinski definition) is 0. The minimum absolute atomic E-state index is 0.0473. The highest BCUT2D eigenvalue weighted by molar-refractivity contribution is 6.18. The van der Waals surface area contributed by atoms with Gasteiger partial charge in [0.2, 0.25) is 28.5 Å². The lowest BCUT2D eigenvalue weighted by Gasteiger charge is -2.15. The molecule has 0 unspecified atom stereocenters. The number of pyridine rings is 5. The molecule has 0 amide bonds. The Labute approximate surface area is 890 Å². The van der Waals surface area contributed by atoms with Gasteiger partial charge in [0, 0.05) is 201 Å². The van der Waals surface area contributed by atoms with Gasteiger partial charge in [0.15, 0.2) is 39.6 Å². The smallest absolute Gasteiger partial charge is 0.213 e. The molecule has 142 heavy (non-hydrogen) atoms. The molecule has 0 aliphatic carbocycles. The summed E-state index contributed by atoms with van der Waals surface area (Å²) in [5.74, 6) is -10.5. The highest BCUT2D eigenvalue weighted by Gasteiger charge is 2.33. The SMILES string of the molecule is [2H]C([2H])([2H])c1c(C([2H])(C([2H])([2H])[2H])C([2H])([2H])[2H])cc(-c2c(C)ccc3oc4c(C#N)cccc4c23)[n+](C)c1C.[2H]C([2H])([2H])c1c(C([2H])(C([2H])([2H])[2H])C([2H])([2H])[2H])cc(-c2c(C)ccc3oc4cc(C#N)ccc4c23)[n+](C)c1C.[2H]C([2H])([2H])c1c(C([2H])(C([2H])([2H])[2H])C([2H])([2H])[2H])cc(-c2c(C)ccc3oc4ccc(C#N)cc4c23)[n+](C)c1C.[2H]C([2H])([2H])c1c(C([2H])([2H])C(C)C)cc(-c2c(C)ccc3oc4c(C#N)cccc4c23)[n+](C)c1C.[2H]C([2H])([2H])c1c(C([2H])([2H])C(C)C)cc(-c2c(C)ccc3oc4cc(C#N)ccc4c23)[n+](C)c1C. The van der Waals surface area contributed by atoms with Crippen LogP contribution in [0.25, 0.3) is 166 Å². The summed E-state index contributed by atoms with van der Waals surface area (Å²) in [4.78, 5) is 0. The van der Waals surface area contributed by atoms with Gasteiger partial charge in [-0.2, -0.15) is 49.1 Å². The molecular weight excluding hydrogens is 1750 g/mol. The fourth-order valence-corrected chi connectivity index (χ4v) is 18.8. The van der Waals surface area contributed by atoms with Crippen LogP contribution in [0.1, 0.15) is 281 Å². The number of furan rings is 5. The second-order valence-corrected chi connectivity index (χ2v) is 36.3. The number of nitriles is 5. The minimum Gasteiger partial charge on any atom is -0.456 e. The summed E-state index contributed by atoms with van der Waals surface area (Å²) in [7, 11) is 8.41. The molecule has 0 fully saturated rings. The van der Waals surface area contributed by atoms with Crippen molar-refractivity contribution in [3.8, 4) is 86.6 Å². The van der Waals surface area contributed by atoms with Crippen LogP contribution < -0.4 is 22.8 Å². The van der Waals surface area contributed by atoms with E-state index in [0.717, 1.165) is 49.4 Å². The van der Waals surface area contributed by atoms with Crippen molar-refractivity contribution in [2.24, 2.45) is 47.1 Å². The molecule has 712 valence electrons. The van der Waals surface area contributed by atoms with Crippen LogP contribution in [0, 0.1) is 172 Å². The van der Waals surface area contributed by atoms with E-state index in [1.165, 1.54) is 39.0 Å². The predicted octanol–water partition coefficient (Wildman–Crippen LogP) is 30.1. The second kappa shape index (κ2) is 39.6. The number of aryl methyl sites for hydroxylation is 5. The third-order valence-electron chi connectivity index (χ3n) is 26.8. The molecular formula is C127H129N10O5+5. The summed E-state index contributed by atoms with van der Waals surface area (Å²) in [5.41, 5.74) is 15.3. The summed E-state index contributed by atoms with van der Waals surface area (Å²) in [6.07, 6.45) is -3.70. The molecule has 0 saturated carbocycles. The van der Waals surface area contributed by atoms with Gasteiger partial charge in [-0.1, -0.05) is 123 Å². The molecule has 0 bridgehead atoms. The van der Waals surface area contributed by atoms with Crippen molar-refractivity contribution < 1.29 is 99.8 Å². The molecule has 0 spiro atoms. The van der Waals surface area contributed by atoms with Crippen LogP contribution in [0.4, 0.5) is 0 Å². The van der Waals surface area contributed by atoms with Gasteiger partial charge in [-0.05, 0) is 264 Å². The zero-order chi connectivity index (χ0) is 136. The Hall–Kier alpha value is -15.6. The first-order valence-corrected chi connectivity index (χ1v) is 45.7. The van der Waals surface area contributed by atoms with Crippen LogP contribution in [-0.2, 0) is 48.0 Å². The molecule has 15 nitrogen and oxygen atoms in total. The van der Waals surface area contributed by atoms with Gasteiger partial charge in [-0.3, -0.25) is 0 Å². The number of aromatic nitrogens is 5.